The van der Waals surface area contributed by atoms with E-state index >= 15 is 0 Å². The first-order chi connectivity index (χ1) is 21.0. The molecule has 0 saturated heterocycles. The quantitative estimate of drug-likeness (QED) is 0.0543. The molecule has 0 spiro atoms. The summed E-state index contributed by atoms with van der Waals surface area (Å²) in [5.41, 5.74) is 23.9. The van der Waals surface area contributed by atoms with Crippen LogP contribution in [0.3, 0.4) is 0 Å². The molecule has 0 radical (unpaired) electrons. The average molecular weight is 613 g/mol. The molecule has 2 rings (SSSR count). The van der Waals surface area contributed by atoms with Crippen molar-refractivity contribution in [1.29, 1.82) is 0 Å². The van der Waals surface area contributed by atoms with Gasteiger partial charge in [-0.2, -0.15) is 0 Å². The molecule has 4 unspecified atom stereocenters. The van der Waals surface area contributed by atoms with Gasteiger partial charge in [0, 0.05) is 13.0 Å². The number of carboxylic acids is 1. The molecule has 0 fully saturated rings. The number of rotatable bonds is 19. The predicted octanol–water partition coefficient (Wildman–Crippen LogP) is -0.774. The number of unbranched alkanes of at least 4 members (excludes halogenated alkanes) is 1. The number of amides is 3. The van der Waals surface area contributed by atoms with Gasteiger partial charge in [0.15, 0.2) is 5.96 Å². The number of guanidine groups is 1. The third-order valence-electron chi connectivity index (χ3n) is 6.78. The van der Waals surface area contributed by atoms with Crippen molar-refractivity contribution in [3.05, 3.63) is 65.7 Å². The number of nitrogens with one attached hydrogen (secondary N) is 3. The Balaban J connectivity index is 2.17. The number of aliphatic carboxylic acids is 1. The van der Waals surface area contributed by atoms with E-state index in [1.54, 1.807) is 42.5 Å². The molecule has 4 atom stereocenters. The van der Waals surface area contributed by atoms with Gasteiger partial charge in [0.25, 0.3) is 0 Å². The average Bonchev–Trinajstić information content (AvgIpc) is 2.99. The number of phenols is 1. The van der Waals surface area contributed by atoms with E-state index in [-0.39, 0.29) is 43.9 Å². The van der Waals surface area contributed by atoms with E-state index in [0.717, 1.165) is 5.56 Å². The summed E-state index contributed by atoms with van der Waals surface area (Å²) in [6.07, 6.45) is 1.92. The zero-order valence-corrected chi connectivity index (χ0v) is 24.7. The van der Waals surface area contributed by atoms with E-state index in [9.17, 15) is 29.4 Å². The highest BCUT2D eigenvalue weighted by molar-refractivity contribution is 5.94. The summed E-state index contributed by atoms with van der Waals surface area (Å²) in [4.78, 5) is 55.7. The van der Waals surface area contributed by atoms with Gasteiger partial charge < -0.3 is 49.1 Å². The maximum absolute atomic E-state index is 13.5. The van der Waals surface area contributed by atoms with Gasteiger partial charge in [-0.25, -0.2) is 4.79 Å². The van der Waals surface area contributed by atoms with Crippen molar-refractivity contribution >= 4 is 29.7 Å². The Hall–Kier alpha value is -4.69. The second-order valence-electron chi connectivity index (χ2n) is 10.4. The lowest BCUT2D eigenvalue weighted by Gasteiger charge is -2.25. The van der Waals surface area contributed by atoms with E-state index < -0.39 is 47.9 Å². The van der Waals surface area contributed by atoms with Crippen molar-refractivity contribution in [2.75, 3.05) is 13.1 Å². The Morgan fingerprint density at radius 3 is 1.84 bits per heavy atom. The molecule has 0 heterocycles. The molecule has 0 aliphatic heterocycles. The van der Waals surface area contributed by atoms with E-state index in [1.165, 1.54) is 12.1 Å². The van der Waals surface area contributed by atoms with Crippen molar-refractivity contribution in [1.82, 2.24) is 16.0 Å². The molecule has 14 heteroatoms. The van der Waals surface area contributed by atoms with Crippen LogP contribution in [-0.4, -0.2) is 77.1 Å². The van der Waals surface area contributed by atoms with Crippen LogP contribution in [0.2, 0.25) is 0 Å². The van der Waals surface area contributed by atoms with Gasteiger partial charge in [0.2, 0.25) is 17.7 Å². The van der Waals surface area contributed by atoms with E-state index in [2.05, 4.69) is 20.9 Å². The molecule has 0 aliphatic carbocycles. The lowest BCUT2D eigenvalue weighted by molar-refractivity contribution is -0.142. The zero-order valence-electron chi connectivity index (χ0n) is 24.7. The predicted molar refractivity (Wildman–Crippen MR) is 166 cm³/mol. The molecule has 0 aromatic heterocycles. The maximum Gasteiger partial charge on any atom is 0.326 e. The molecule has 0 bridgehead atoms. The lowest BCUT2D eigenvalue weighted by atomic mass is 10.0. The van der Waals surface area contributed by atoms with E-state index in [1.807, 2.05) is 0 Å². The molecule has 13 N–H and O–H groups in total. The van der Waals surface area contributed by atoms with Gasteiger partial charge in [-0.1, -0.05) is 42.5 Å². The summed E-state index contributed by atoms with van der Waals surface area (Å²) in [6, 6.07) is 10.6. The minimum Gasteiger partial charge on any atom is -0.508 e. The third-order valence-corrected chi connectivity index (χ3v) is 6.78. The maximum atomic E-state index is 13.5. The second kappa shape index (κ2) is 18.8. The highest BCUT2D eigenvalue weighted by Gasteiger charge is 2.30. The Kier molecular flexibility index (Phi) is 15.1. The number of carbonyl (C=O) groups excluding carboxylic acids is 3. The van der Waals surface area contributed by atoms with Crippen molar-refractivity contribution in [2.45, 2.75) is 69.1 Å². The highest BCUT2D eigenvalue weighted by Crippen LogP contribution is 2.12. The smallest absolute Gasteiger partial charge is 0.326 e. The highest BCUT2D eigenvalue weighted by atomic mass is 16.4. The number of carbonyl (C=O) groups is 4. The van der Waals surface area contributed by atoms with Crippen molar-refractivity contribution < 1.29 is 29.4 Å². The zero-order chi connectivity index (χ0) is 32.5. The Bertz CT molecular complexity index is 1240. The van der Waals surface area contributed by atoms with Gasteiger partial charge in [0.1, 0.15) is 23.9 Å². The summed E-state index contributed by atoms with van der Waals surface area (Å²) in [7, 11) is 0. The fourth-order valence-corrected chi connectivity index (χ4v) is 4.39. The Morgan fingerprint density at radius 1 is 0.727 bits per heavy atom. The van der Waals surface area contributed by atoms with E-state index in [0.29, 0.717) is 31.4 Å². The minimum atomic E-state index is -1.23. The normalized spacial score (nSPS) is 13.5. The first-order valence-corrected chi connectivity index (χ1v) is 14.5. The topological polar surface area (TPSA) is 261 Å². The van der Waals surface area contributed by atoms with Crippen LogP contribution in [0, 0.1) is 0 Å². The van der Waals surface area contributed by atoms with Gasteiger partial charge in [-0.05, 0) is 68.3 Å². The largest absolute Gasteiger partial charge is 0.508 e. The van der Waals surface area contributed by atoms with Crippen molar-refractivity contribution in [3.8, 4) is 5.75 Å². The monoisotopic (exact) mass is 612 g/mol. The number of nitrogens with two attached hydrogens (primary N) is 4. The molecule has 2 aromatic rings. The van der Waals surface area contributed by atoms with Crippen LogP contribution >= 0.6 is 0 Å². The van der Waals surface area contributed by atoms with Crippen LogP contribution in [0.15, 0.2) is 59.6 Å². The van der Waals surface area contributed by atoms with Crippen LogP contribution in [0.4, 0.5) is 0 Å². The van der Waals surface area contributed by atoms with Crippen LogP contribution < -0.4 is 38.9 Å². The molecule has 240 valence electrons. The second-order valence-corrected chi connectivity index (χ2v) is 10.4. The molecular formula is C30H44N8O6. The summed E-state index contributed by atoms with van der Waals surface area (Å²) in [6.45, 7) is 0.568. The fraction of sp³-hybridized carbons (Fsp3) is 0.433. The molecular weight excluding hydrogens is 568 g/mol. The SMILES string of the molecule is NCCCCC(NC(=O)C(CCCN=C(N)N)NC(=O)C(N)Cc1ccc(O)cc1)C(=O)NC(Cc1ccccc1)C(=O)O. The van der Waals surface area contributed by atoms with Crippen molar-refractivity contribution in [3.63, 3.8) is 0 Å². The molecule has 14 nitrogen and oxygen atoms in total. The molecule has 44 heavy (non-hydrogen) atoms. The van der Waals surface area contributed by atoms with E-state index in [4.69, 9.17) is 22.9 Å². The number of carboxylic acid groups (broad SMARTS) is 1. The number of phenolic OH excluding ortho intramolecular Hbond substituents is 1. The van der Waals surface area contributed by atoms with Crippen LogP contribution in [0.5, 0.6) is 5.75 Å². The number of hydrogen-bond donors (Lipinski definition) is 9. The summed E-state index contributed by atoms with van der Waals surface area (Å²) in [5.74, 6) is -3.19. The fourth-order valence-electron chi connectivity index (χ4n) is 4.39. The number of benzene rings is 2. The molecule has 2 aromatic carbocycles. The van der Waals surface area contributed by atoms with Gasteiger partial charge in [-0.3, -0.25) is 19.4 Å². The Morgan fingerprint density at radius 2 is 1.27 bits per heavy atom. The number of aliphatic imine (C=N–C) groups is 1. The van der Waals surface area contributed by atoms with Gasteiger partial charge in [-0.15, -0.1) is 0 Å². The summed E-state index contributed by atoms with van der Waals surface area (Å²) in [5, 5.41) is 27.1. The number of aromatic hydroxyl groups is 1. The molecule has 3 amide bonds. The first-order valence-electron chi connectivity index (χ1n) is 14.5. The molecule has 0 aliphatic rings. The first kappa shape index (κ1) is 35.5. The van der Waals surface area contributed by atoms with Gasteiger partial charge >= 0.3 is 5.97 Å². The van der Waals surface area contributed by atoms with Gasteiger partial charge in [0.05, 0.1) is 6.04 Å². The van der Waals surface area contributed by atoms with Crippen LogP contribution in [0.25, 0.3) is 0 Å². The Labute approximate surface area is 256 Å². The summed E-state index contributed by atoms with van der Waals surface area (Å²) < 4.78 is 0. The van der Waals surface area contributed by atoms with Crippen LogP contribution in [-0.2, 0) is 32.0 Å². The lowest BCUT2D eigenvalue weighted by Crippen LogP contribution is -2.57. The molecule has 0 saturated carbocycles. The minimum absolute atomic E-state index is 0.0494. The number of hydrogen-bond acceptors (Lipinski definition) is 8. The standard InChI is InChI=1S/C30H44N8O6/c31-15-5-4-9-23(28(42)38-25(29(43)44)18-19-7-2-1-3-8-19)37-27(41)24(10-6-16-35-30(33)34)36-26(40)22(32)17-20-11-13-21(39)14-12-20/h1-3,7-8,11-14,22-25,39H,4-6,9-10,15-18,31-32H2,(H,36,40)(H,37,41)(H,38,42)(H,43,44)(H4,33,34,35). The van der Waals surface area contributed by atoms with Crippen molar-refractivity contribution in [2.24, 2.45) is 27.9 Å². The number of nitrogens with zero attached hydrogens (tertiary/aromatic N) is 1. The third kappa shape index (κ3) is 13.1. The van der Waals surface area contributed by atoms with Crippen LogP contribution in [0.1, 0.15) is 43.2 Å². The summed E-state index contributed by atoms with van der Waals surface area (Å²) >= 11 is 0.